The van der Waals surface area contributed by atoms with Crippen LogP contribution >= 0.6 is 0 Å². The number of nitrogens with one attached hydrogen (secondary N) is 2. The maximum atomic E-state index is 12.5. The second-order valence-corrected chi connectivity index (χ2v) is 8.96. The number of carbonyl (C=O) groups excluding carboxylic acids is 4. The number of esters is 1. The third-order valence-electron chi connectivity index (χ3n) is 3.78. The van der Waals surface area contributed by atoms with Crippen LogP contribution in [0.25, 0.3) is 0 Å². The van der Waals surface area contributed by atoms with Crippen LogP contribution < -0.4 is 10.6 Å². The maximum absolute atomic E-state index is 12.5. The number of hydrogen-bond donors (Lipinski definition) is 2. The van der Waals surface area contributed by atoms with Gasteiger partial charge in [-0.2, -0.15) is 0 Å². The zero-order valence-electron chi connectivity index (χ0n) is 18.8. The number of anilines is 1. The molecule has 0 fully saturated rings. The third-order valence-corrected chi connectivity index (χ3v) is 3.78. The molecule has 8 heteroatoms. The predicted molar refractivity (Wildman–Crippen MR) is 113 cm³/mol. The molecule has 0 spiro atoms. The fraction of sp³-hybridized carbons (Fsp3) is 0.545. The largest absolute Gasteiger partial charge is 0.454 e. The van der Waals surface area contributed by atoms with Gasteiger partial charge in [-0.15, -0.1) is 0 Å². The number of ether oxygens (including phenoxy) is 2. The minimum atomic E-state index is -0.978. The van der Waals surface area contributed by atoms with Crippen molar-refractivity contribution in [2.45, 2.75) is 66.6 Å². The van der Waals surface area contributed by atoms with Crippen LogP contribution in [0.1, 0.15) is 65.2 Å². The Balaban J connectivity index is 2.51. The molecule has 0 aliphatic heterocycles. The summed E-state index contributed by atoms with van der Waals surface area (Å²) in [6.07, 6.45) is -1.69. The highest BCUT2D eigenvalue weighted by atomic mass is 16.6. The Labute approximate surface area is 177 Å². The molecule has 2 N–H and O–H groups in total. The minimum Gasteiger partial charge on any atom is -0.454 e. The van der Waals surface area contributed by atoms with Gasteiger partial charge in [0.25, 0.3) is 0 Å². The van der Waals surface area contributed by atoms with Gasteiger partial charge < -0.3 is 20.1 Å². The molecular formula is C22H32N2O6. The number of Topliss-reactive ketones (excluding diaryl/α,β-unsaturated/α-hetero) is 1. The Morgan fingerprint density at radius 1 is 0.967 bits per heavy atom. The van der Waals surface area contributed by atoms with Crippen molar-refractivity contribution in [2.75, 3.05) is 11.9 Å². The van der Waals surface area contributed by atoms with Crippen LogP contribution in [0.4, 0.5) is 10.5 Å². The lowest BCUT2D eigenvalue weighted by Gasteiger charge is -2.19. The highest BCUT2D eigenvalue weighted by molar-refractivity contribution is 6.01. The molecule has 1 aromatic carbocycles. The molecule has 0 radical (unpaired) electrons. The molecule has 166 valence electrons. The number of ketones is 1. The molecule has 0 bridgehead atoms. The monoisotopic (exact) mass is 420 g/mol. The number of rotatable bonds is 7. The molecule has 1 aromatic rings. The molecule has 0 saturated heterocycles. The van der Waals surface area contributed by atoms with Crippen LogP contribution in [0.5, 0.6) is 0 Å². The average Bonchev–Trinajstić information content (AvgIpc) is 2.59. The average molecular weight is 421 g/mol. The Bertz CT molecular complexity index is 772. The maximum Gasteiger partial charge on any atom is 0.407 e. The van der Waals surface area contributed by atoms with E-state index >= 15 is 0 Å². The van der Waals surface area contributed by atoms with Gasteiger partial charge in [-0.25, -0.2) is 4.79 Å². The summed E-state index contributed by atoms with van der Waals surface area (Å²) in [6.45, 7) is 12.1. The molecule has 1 atom stereocenters. The number of benzene rings is 1. The molecular weight excluding hydrogens is 388 g/mol. The number of hydrogen-bond acceptors (Lipinski definition) is 6. The third kappa shape index (κ3) is 9.07. The number of carbonyl (C=O) groups is 4. The van der Waals surface area contributed by atoms with Gasteiger partial charge >= 0.3 is 12.1 Å². The van der Waals surface area contributed by atoms with Crippen molar-refractivity contribution in [3.63, 3.8) is 0 Å². The van der Waals surface area contributed by atoms with E-state index in [4.69, 9.17) is 9.47 Å². The summed E-state index contributed by atoms with van der Waals surface area (Å²) < 4.78 is 10.2. The van der Waals surface area contributed by atoms with E-state index in [0.717, 1.165) is 0 Å². The first-order chi connectivity index (χ1) is 13.7. The van der Waals surface area contributed by atoms with Crippen LogP contribution in [-0.4, -0.2) is 42.0 Å². The van der Waals surface area contributed by atoms with E-state index in [2.05, 4.69) is 10.6 Å². The van der Waals surface area contributed by atoms with Gasteiger partial charge in [0.05, 0.1) is 6.42 Å². The van der Waals surface area contributed by atoms with Crippen molar-refractivity contribution in [1.29, 1.82) is 0 Å². The first-order valence-electron chi connectivity index (χ1n) is 9.81. The summed E-state index contributed by atoms with van der Waals surface area (Å²) in [4.78, 5) is 47.9. The van der Waals surface area contributed by atoms with Crippen molar-refractivity contribution in [1.82, 2.24) is 5.32 Å². The Morgan fingerprint density at radius 2 is 1.53 bits per heavy atom. The van der Waals surface area contributed by atoms with Crippen molar-refractivity contribution in [3.05, 3.63) is 29.8 Å². The molecule has 1 rings (SSSR count). The smallest absolute Gasteiger partial charge is 0.407 e. The molecule has 0 aliphatic carbocycles. The molecule has 2 amide bonds. The zero-order valence-corrected chi connectivity index (χ0v) is 18.8. The Kier molecular flexibility index (Phi) is 8.57. The first kappa shape index (κ1) is 25.1. The van der Waals surface area contributed by atoms with Gasteiger partial charge in [0, 0.05) is 23.2 Å². The molecule has 30 heavy (non-hydrogen) atoms. The van der Waals surface area contributed by atoms with Crippen LogP contribution in [0.2, 0.25) is 0 Å². The fourth-order valence-electron chi connectivity index (χ4n) is 2.16. The number of alkyl carbamates (subject to hydrolysis) is 1. The standard InChI is InChI=1S/C22H32N2O6/c1-14(29-17(25)12-13-23-20(28)30-22(5,6)7)18(26)15-8-10-16(11-9-15)24-19(27)21(2,3)4/h8-11,14H,12-13H2,1-7H3,(H,23,28)(H,24,27)/t14-/m0/s1. The summed E-state index contributed by atoms with van der Waals surface area (Å²) in [7, 11) is 0. The van der Waals surface area contributed by atoms with Crippen LogP contribution in [0.3, 0.4) is 0 Å². The van der Waals surface area contributed by atoms with Crippen LogP contribution in [0.15, 0.2) is 24.3 Å². The van der Waals surface area contributed by atoms with Gasteiger partial charge in [-0.05, 0) is 52.0 Å². The van der Waals surface area contributed by atoms with Crippen LogP contribution in [-0.2, 0) is 19.1 Å². The van der Waals surface area contributed by atoms with E-state index in [9.17, 15) is 19.2 Å². The summed E-state index contributed by atoms with van der Waals surface area (Å²) in [6, 6.07) is 6.37. The fourth-order valence-corrected chi connectivity index (χ4v) is 2.16. The normalized spacial score (nSPS) is 12.5. The van der Waals surface area contributed by atoms with E-state index in [1.807, 2.05) is 0 Å². The Morgan fingerprint density at radius 3 is 2.03 bits per heavy atom. The molecule has 0 heterocycles. The van der Waals surface area contributed by atoms with Crippen LogP contribution in [0, 0.1) is 5.41 Å². The lowest BCUT2D eigenvalue weighted by Crippen LogP contribution is -2.34. The van der Waals surface area contributed by atoms with Crippen molar-refractivity contribution >= 4 is 29.4 Å². The molecule has 8 nitrogen and oxygen atoms in total. The van der Waals surface area contributed by atoms with Gasteiger partial charge in [0.15, 0.2) is 6.10 Å². The summed E-state index contributed by atoms with van der Waals surface area (Å²) in [5.41, 5.74) is -0.230. The SMILES string of the molecule is C[C@H](OC(=O)CCNC(=O)OC(C)(C)C)C(=O)c1ccc(NC(=O)C(C)(C)C)cc1. The number of amides is 2. The topological polar surface area (TPSA) is 111 Å². The predicted octanol–water partition coefficient (Wildman–Crippen LogP) is 3.70. The minimum absolute atomic E-state index is 0.0385. The molecule has 0 aromatic heterocycles. The Hall–Kier alpha value is -2.90. The molecule has 0 saturated carbocycles. The summed E-state index contributed by atoms with van der Waals surface area (Å²) in [5, 5.41) is 5.23. The lowest BCUT2D eigenvalue weighted by atomic mass is 9.95. The van der Waals surface area contributed by atoms with Gasteiger partial charge in [-0.3, -0.25) is 14.4 Å². The molecule has 0 unspecified atom stereocenters. The second-order valence-electron chi connectivity index (χ2n) is 8.96. The van der Waals surface area contributed by atoms with Gasteiger partial charge in [0.1, 0.15) is 5.60 Å². The highest BCUT2D eigenvalue weighted by Crippen LogP contribution is 2.18. The van der Waals surface area contributed by atoms with Crippen molar-refractivity contribution < 1.29 is 28.7 Å². The summed E-state index contributed by atoms with van der Waals surface area (Å²) >= 11 is 0. The zero-order chi connectivity index (χ0) is 23.1. The van der Waals surface area contributed by atoms with E-state index in [1.54, 1.807) is 65.8 Å². The van der Waals surface area contributed by atoms with Crippen molar-refractivity contribution in [3.8, 4) is 0 Å². The quantitative estimate of drug-likeness (QED) is 0.514. The lowest BCUT2D eigenvalue weighted by molar-refractivity contribution is -0.146. The first-order valence-corrected chi connectivity index (χ1v) is 9.81. The van der Waals surface area contributed by atoms with Gasteiger partial charge in [0.2, 0.25) is 11.7 Å². The van der Waals surface area contributed by atoms with Gasteiger partial charge in [-0.1, -0.05) is 20.8 Å². The second kappa shape index (κ2) is 10.2. The molecule has 0 aliphatic rings. The summed E-state index contributed by atoms with van der Waals surface area (Å²) in [5.74, 6) is -1.11. The van der Waals surface area contributed by atoms with Crippen molar-refractivity contribution in [2.24, 2.45) is 5.41 Å². The van der Waals surface area contributed by atoms with E-state index in [0.29, 0.717) is 11.3 Å². The van der Waals surface area contributed by atoms with E-state index in [-0.39, 0.29) is 24.7 Å². The highest BCUT2D eigenvalue weighted by Gasteiger charge is 2.22. The van der Waals surface area contributed by atoms with E-state index in [1.165, 1.54) is 6.92 Å². The van der Waals surface area contributed by atoms with E-state index < -0.39 is 29.2 Å².